The van der Waals surface area contributed by atoms with Crippen molar-refractivity contribution in [2.45, 2.75) is 142 Å². The summed E-state index contributed by atoms with van der Waals surface area (Å²) in [4.78, 5) is 10.6. The molecule has 0 aliphatic rings. The number of hydrogen-bond acceptors (Lipinski definition) is 3. The molecule has 0 unspecified atom stereocenters. The van der Waals surface area contributed by atoms with Crippen molar-refractivity contribution in [3.05, 3.63) is 0 Å². The van der Waals surface area contributed by atoms with E-state index in [9.17, 15) is 4.79 Å². The van der Waals surface area contributed by atoms with Crippen LogP contribution in [0.25, 0.3) is 0 Å². The summed E-state index contributed by atoms with van der Waals surface area (Å²) >= 11 is 0. The van der Waals surface area contributed by atoms with E-state index in [-0.39, 0.29) is 18.1 Å². The Hall–Kier alpha value is -0.610. The summed E-state index contributed by atoms with van der Waals surface area (Å²) in [6.45, 7) is 9.55. The van der Waals surface area contributed by atoms with Crippen molar-refractivity contribution >= 4 is 5.91 Å². The van der Waals surface area contributed by atoms with Gasteiger partial charge in [0.1, 0.15) is 0 Å². The van der Waals surface area contributed by atoms with Crippen LogP contribution in [0.5, 0.6) is 0 Å². The van der Waals surface area contributed by atoms with Gasteiger partial charge >= 0.3 is 0 Å². The molecule has 4 heteroatoms. The number of carbonyl (C=O) groups is 1. The Labute approximate surface area is 182 Å². The molecule has 1 amide bonds. The van der Waals surface area contributed by atoms with Crippen LogP contribution in [-0.2, 0) is 4.79 Å². The number of aliphatic hydroxyl groups excluding tert-OH is 1. The highest BCUT2D eigenvalue weighted by Crippen LogP contribution is 2.13. The third kappa shape index (κ3) is 29.7. The maximum Gasteiger partial charge on any atom is 0.217 e. The predicted molar refractivity (Wildman–Crippen MR) is 128 cm³/mol. The van der Waals surface area contributed by atoms with Gasteiger partial charge in [-0.15, -0.1) is 0 Å². The molecule has 0 aromatic heterocycles. The van der Waals surface area contributed by atoms with Gasteiger partial charge in [-0.1, -0.05) is 104 Å². The van der Waals surface area contributed by atoms with E-state index in [0.717, 1.165) is 19.4 Å². The van der Waals surface area contributed by atoms with Crippen LogP contribution in [0.3, 0.4) is 0 Å². The first kappa shape index (κ1) is 30.6. The molecule has 29 heavy (non-hydrogen) atoms. The highest BCUT2D eigenvalue weighted by atomic mass is 16.3. The van der Waals surface area contributed by atoms with Crippen LogP contribution in [-0.4, -0.2) is 29.7 Å². The van der Waals surface area contributed by atoms with Gasteiger partial charge in [0, 0.05) is 12.0 Å². The number of amides is 1. The molecule has 4 N–H and O–H groups in total. The van der Waals surface area contributed by atoms with Crippen LogP contribution >= 0.6 is 0 Å². The van der Waals surface area contributed by atoms with Gasteiger partial charge in [0.15, 0.2) is 0 Å². The van der Waals surface area contributed by atoms with Crippen LogP contribution in [0.2, 0.25) is 0 Å². The summed E-state index contributed by atoms with van der Waals surface area (Å²) in [5, 5.41) is 12.0. The summed E-state index contributed by atoms with van der Waals surface area (Å²) < 4.78 is 0. The zero-order valence-corrected chi connectivity index (χ0v) is 20.4. The fraction of sp³-hybridized carbons (Fsp3) is 0.960. The minimum Gasteiger partial charge on any atom is -0.394 e. The van der Waals surface area contributed by atoms with Crippen LogP contribution < -0.4 is 11.1 Å². The first-order valence-corrected chi connectivity index (χ1v) is 12.5. The van der Waals surface area contributed by atoms with Crippen molar-refractivity contribution in [2.75, 3.05) is 13.2 Å². The van der Waals surface area contributed by atoms with Gasteiger partial charge in [-0.25, -0.2) is 0 Å². The van der Waals surface area contributed by atoms with Gasteiger partial charge in [-0.2, -0.15) is 0 Å². The molecule has 0 atom stereocenters. The van der Waals surface area contributed by atoms with Crippen molar-refractivity contribution in [2.24, 2.45) is 5.73 Å². The molecule has 0 aromatic carbocycles. The van der Waals surface area contributed by atoms with Crippen LogP contribution in [0.4, 0.5) is 0 Å². The predicted octanol–water partition coefficient (Wildman–Crippen LogP) is 6.49. The summed E-state index contributed by atoms with van der Waals surface area (Å²) in [6, 6.07) is 0. The lowest BCUT2D eigenvalue weighted by Gasteiger charge is -2.22. The lowest BCUT2D eigenvalue weighted by molar-refractivity contribution is -0.118. The number of nitrogens with one attached hydrogen (secondary N) is 1. The third-order valence-electron chi connectivity index (χ3n) is 5.28. The molecule has 0 aromatic rings. The van der Waals surface area contributed by atoms with E-state index in [4.69, 9.17) is 10.8 Å². The zero-order valence-electron chi connectivity index (χ0n) is 20.4. The van der Waals surface area contributed by atoms with E-state index in [0.29, 0.717) is 6.42 Å². The number of rotatable bonds is 20. The van der Waals surface area contributed by atoms with Gasteiger partial charge in [0.2, 0.25) is 5.91 Å². The van der Waals surface area contributed by atoms with E-state index in [1.807, 2.05) is 13.8 Å². The molecule has 0 aliphatic carbocycles. The Balaban J connectivity index is 0. The molecule has 0 spiro atoms. The molecule has 0 rings (SSSR count). The van der Waals surface area contributed by atoms with Crippen LogP contribution in [0, 0.1) is 0 Å². The maximum absolute atomic E-state index is 10.6. The molecule has 0 saturated heterocycles. The molecule has 176 valence electrons. The molecule has 0 fully saturated rings. The van der Waals surface area contributed by atoms with Gasteiger partial charge in [0.05, 0.1) is 6.61 Å². The minimum absolute atomic E-state index is 0.101. The maximum atomic E-state index is 10.6. The van der Waals surface area contributed by atoms with Crippen molar-refractivity contribution in [1.82, 2.24) is 5.32 Å². The second-order valence-corrected chi connectivity index (χ2v) is 9.13. The van der Waals surface area contributed by atoms with Crippen molar-refractivity contribution in [3.8, 4) is 0 Å². The number of hydrogen-bond donors (Lipinski definition) is 3. The standard InChI is InChI=1S/C18H37NO.C7H17NO/c1-2-3-4-5-6-7-8-9-10-11-12-13-14-15-16-17-18(19)20;1-4-5-8-7(2,3)6-9/h2-17H2,1H3,(H2,19,20);8-9H,4-6H2,1-3H3. The normalized spacial score (nSPS) is 11.2. The fourth-order valence-corrected chi connectivity index (χ4v) is 3.19. The van der Waals surface area contributed by atoms with Crippen molar-refractivity contribution in [3.63, 3.8) is 0 Å². The number of unbranched alkanes of at least 4 members (excludes halogenated alkanes) is 14. The third-order valence-corrected chi connectivity index (χ3v) is 5.28. The fourth-order valence-electron chi connectivity index (χ4n) is 3.19. The highest BCUT2D eigenvalue weighted by Gasteiger charge is 2.13. The number of nitrogens with two attached hydrogens (primary N) is 1. The van der Waals surface area contributed by atoms with E-state index in [1.165, 1.54) is 89.9 Å². The van der Waals surface area contributed by atoms with Crippen molar-refractivity contribution in [1.29, 1.82) is 0 Å². The molecule has 0 saturated carbocycles. The average Bonchev–Trinajstić information content (AvgIpc) is 2.69. The average molecular weight is 415 g/mol. The van der Waals surface area contributed by atoms with Gasteiger partial charge in [-0.05, 0) is 33.2 Å². The minimum atomic E-state index is -0.153. The molecule has 0 heterocycles. The van der Waals surface area contributed by atoms with Gasteiger partial charge in [0.25, 0.3) is 0 Å². The number of primary amides is 1. The second-order valence-electron chi connectivity index (χ2n) is 9.13. The van der Waals surface area contributed by atoms with E-state index >= 15 is 0 Å². The summed E-state index contributed by atoms with van der Waals surface area (Å²) in [7, 11) is 0. The monoisotopic (exact) mass is 414 g/mol. The van der Waals surface area contributed by atoms with E-state index in [1.54, 1.807) is 0 Å². The van der Waals surface area contributed by atoms with Gasteiger partial charge < -0.3 is 16.2 Å². The lowest BCUT2D eigenvalue weighted by atomic mass is 10.0. The molecule has 0 aliphatic heterocycles. The summed E-state index contributed by atoms with van der Waals surface area (Å²) in [5.74, 6) is -0.153. The first-order chi connectivity index (χ1) is 13.9. The molecule has 0 radical (unpaired) electrons. The molecule has 0 bridgehead atoms. The highest BCUT2D eigenvalue weighted by molar-refractivity contribution is 5.73. The Morgan fingerprint density at radius 3 is 1.41 bits per heavy atom. The topological polar surface area (TPSA) is 75.4 Å². The van der Waals surface area contributed by atoms with Crippen LogP contribution in [0.15, 0.2) is 0 Å². The Morgan fingerprint density at radius 2 is 1.10 bits per heavy atom. The summed E-state index contributed by atoms with van der Waals surface area (Å²) in [6.07, 6.45) is 22.0. The lowest BCUT2D eigenvalue weighted by Crippen LogP contribution is -2.42. The molecular formula is C25H54N2O2. The molecule has 4 nitrogen and oxygen atoms in total. The SMILES string of the molecule is CCCCCCCCCCCCCCCCCC(N)=O.CCCNC(C)(C)CO. The first-order valence-electron chi connectivity index (χ1n) is 12.5. The zero-order chi connectivity index (χ0) is 22.2. The quantitative estimate of drug-likeness (QED) is 0.199. The second kappa shape index (κ2) is 23.7. The van der Waals surface area contributed by atoms with E-state index in [2.05, 4.69) is 19.2 Å². The smallest absolute Gasteiger partial charge is 0.217 e. The van der Waals surface area contributed by atoms with E-state index < -0.39 is 0 Å². The van der Waals surface area contributed by atoms with Gasteiger partial charge in [-0.3, -0.25) is 4.79 Å². The largest absolute Gasteiger partial charge is 0.394 e. The Bertz CT molecular complexity index is 333. The Morgan fingerprint density at radius 1 is 0.724 bits per heavy atom. The number of aliphatic hydroxyl groups is 1. The molecular weight excluding hydrogens is 360 g/mol. The van der Waals surface area contributed by atoms with Crippen LogP contribution in [0.1, 0.15) is 137 Å². The Kier molecular flexibility index (Phi) is 25.0. The summed E-state index contributed by atoms with van der Waals surface area (Å²) in [5.41, 5.74) is 5.01. The van der Waals surface area contributed by atoms with Crippen molar-refractivity contribution < 1.29 is 9.90 Å². The number of carbonyl (C=O) groups excluding carboxylic acids is 1.